The lowest BCUT2D eigenvalue weighted by atomic mass is 10.1. The third-order valence-corrected chi connectivity index (χ3v) is 5.97. The minimum Gasteiger partial charge on any atom is -0.254 e. The van der Waals surface area contributed by atoms with Crippen LogP contribution in [0, 0.1) is 0 Å². The number of aromatic nitrogens is 2. The van der Waals surface area contributed by atoms with E-state index in [1.54, 1.807) is 18.3 Å². The molecular formula is C17H10N2O2S. The van der Waals surface area contributed by atoms with E-state index in [1.807, 2.05) is 42.5 Å². The molecule has 0 atom stereocenters. The smallest absolute Gasteiger partial charge is 0.254 e. The zero-order valence-corrected chi connectivity index (χ0v) is 12.2. The van der Waals surface area contributed by atoms with Crippen LogP contribution in [0.2, 0.25) is 0 Å². The van der Waals surface area contributed by atoms with Crippen molar-refractivity contribution in [3.63, 3.8) is 0 Å². The molecule has 0 amide bonds. The van der Waals surface area contributed by atoms with E-state index in [0.717, 1.165) is 16.5 Å². The second-order valence-corrected chi connectivity index (χ2v) is 7.09. The van der Waals surface area contributed by atoms with E-state index < -0.39 is 10.0 Å². The third-order valence-electron chi connectivity index (χ3n) is 4.20. The van der Waals surface area contributed by atoms with Crippen LogP contribution in [0.15, 0.2) is 65.7 Å². The van der Waals surface area contributed by atoms with Gasteiger partial charge < -0.3 is 0 Å². The summed E-state index contributed by atoms with van der Waals surface area (Å²) in [6.07, 6.45) is 1.74. The maximum Gasteiger partial charge on any atom is 0.269 e. The lowest BCUT2D eigenvalue weighted by molar-refractivity contribution is 0.590. The highest BCUT2D eigenvalue weighted by Crippen LogP contribution is 2.42. The number of nitrogens with zero attached hydrogens (tertiary/aromatic N) is 2. The van der Waals surface area contributed by atoms with Crippen LogP contribution in [0.4, 0.5) is 0 Å². The Balaban J connectivity index is 2.19. The van der Waals surface area contributed by atoms with Crippen LogP contribution in [0.3, 0.4) is 0 Å². The van der Waals surface area contributed by atoms with Crippen molar-refractivity contribution in [2.24, 2.45) is 0 Å². The van der Waals surface area contributed by atoms with Gasteiger partial charge >= 0.3 is 0 Å². The van der Waals surface area contributed by atoms with Gasteiger partial charge in [-0.15, -0.1) is 0 Å². The quantitative estimate of drug-likeness (QED) is 0.440. The van der Waals surface area contributed by atoms with Gasteiger partial charge in [0.1, 0.15) is 0 Å². The average molecular weight is 306 g/mol. The van der Waals surface area contributed by atoms with Crippen LogP contribution >= 0.6 is 0 Å². The molecule has 2 aromatic heterocycles. The molecule has 0 unspecified atom stereocenters. The summed E-state index contributed by atoms with van der Waals surface area (Å²) in [6, 6.07) is 16.5. The molecule has 5 heteroatoms. The monoisotopic (exact) mass is 306 g/mol. The molecule has 0 fully saturated rings. The number of benzene rings is 2. The number of fused-ring (bicyclic) bond motifs is 5. The molecule has 0 radical (unpaired) electrons. The second kappa shape index (κ2) is 3.75. The molecule has 0 bridgehead atoms. The topological polar surface area (TPSA) is 52.0 Å². The lowest BCUT2D eigenvalue weighted by Crippen LogP contribution is -2.18. The van der Waals surface area contributed by atoms with E-state index in [9.17, 15) is 8.42 Å². The van der Waals surface area contributed by atoms with Crippen LogP contribution in [0.25, 0.3) is 33.1 Å². The molecule has 4 nitrogen and oxygen atoms in total. The van der Waals surface area contributed by atoms with Gasteiger partial charge in [-0.25, -0.2) is 12.4 Å². The number of hydrogen-bond donors (Lipinski definition) is 0. The summed E-state index contributed by atoms with van der Waals surface area (Å²) >= 11 is 0. The molecule has 2 aromatic carbocycles. The van der Waals surface area contributed by atoms with Crippen molar-refractivity contribution in [1.82, 2.24) is 8.96 Å². The SMILES string of the molecule is O=S1(=O)c2ccccc2-c2nccc3c4ccccc4n1c23. The number of para-hydroxylation sites is 1. The molecule has 1 aliphatic heterocycles. The minimum absolute atomic E-state index is 0.309. The van der Waals surface area contributed by atoms with Crippen LogP contribution in [0.1, 0.15) is 0 Å². The van der Waals surface area contributed by atoms with Crippen LogP contribution < -0.4 is 0 Å². The molecule has 5 rings (SSSR count). The Bertz CT molecular complexity index is 1190. The fourth-order valence-electron chi connectivity index (χ4n) is 3.31. The van der Waals surface area contributed by atoms with Gasteiger partial charge in [-0.3, -0.25) is 4.98 Å². The van der Waals surface area contributed by atoms with Crippen LogP contribution in [-0.2, 0) is 10.0 Å². The summed E-state index contributed by atoms with van der Waals surface area (Å²) in [6.45, 7) is 0. The number of rotatable bonds is 0. The Morgan fingerprint density at radius 3 is 2.55 bits per heavy atom. The molecule has 0 saturated heterocycles. The van der Waals surface area contributed by atoms with Gasteiger partial charge in [0.05, 0.1) is 21.6 Å². The van der Waals surface area contributed by atoms with Crippen molar-refractivity contribution in [2.45, 2.75) is 4.90 Å². The fourth-order valence-corrected chi connectivity index (χ4v) is 5.04. The second-order valence-electron chi connectivity index (χ2n) is 5.34. The van der Waals surface area contributed by atoms with E-state index in [0.29, 0.717) is 21.5 Å². The Morgan fingerprint density at radius 2 is 1.64 bits per heavy atom. The summed E-state index contributed by atoms with van der Waals surface area (Å²) in [5.41, 5.74) is 2.76. The number of pyridine rings is 1. The third kappa shape index (κ3) is 1.23. The Hall–Kier alpha value is -2.66. The van der Waals surface area contributed by atoms with Gasteiger partial charge in [0.15, 0.2) is 0 Å². The van der Waals surface area contributed by atoms with Gasteiger partial charge in [0.25, 0.3) is 10.0 Å². The lowest BCUT2D eigenvalue weighted by Gasteiger charge is -2.19. The molecule has 4 aromatic rings. The summed E-state index contributed by atoms with van der Waals surface area (Å²) in [5, 5.41) is 1.84. The first-order valence-corrected chi connectivity index (χ1v) is 8.37. The molecule has 0 aliphatic carbocycles. The molecule has 0 saturated carbocycles. The summed E-state index contributed by atoms with van der Waals surface area (Å²) < 4.78 is 27.6. The normalized spacial score (nSPS) is 15.1. The maximum absolute atomic E-state index is 13.1. The van der Waals surface area contributed by atoms with Crippen LogP contribution in [0.5, 0.6) is 0 Å². The zero-order valence-electron chi connectivity index (χ0n) is 11.4. The molecule has 1 aliphatic rings. The van der Waals surface area contributed by atoms with Crippen molar-refractivity contribution < 1.29 is 8.42 Å². The van der Waals surface area contributed by atoms with Gasteiger partial charge in [0.2, 0.25) is 0 Å². The average Bonchev–Trinajstić information content (AvgIpc) is 2.89. The Labute approximate surface area is 126 Å². The predicted octanol–water partition coefficient (Wildman–Crippen LogP) is 3.41. The summed E-state index contributed by atoms with van der Waals surface area (Å²) in [4.78, 5) is 4.76. The first kappa shape index (κ1) is 11.9. The van der Waals surface area contributed by atoms with E-state index in [4.69, 9.17) is 0 Å². The van der Waals surface area contributed by atoms with E-state index in [-0.39, 0.29) is 0 Å². The fraction of sp³-hybridized carbons (Fsp3) is 0. The molecule has 106 valence electrons. The van der Waals surface area contributed by atoms with Gasteiger partial charge in [0, 0.05) is 22.5 Å². The van der Waals surface area contributed by atoms with E-state index in [2.05, 4.69) is 4.98 Å². The highest BCUT2D eigenvalue weighted by Gasteiger charge is 2.32. The highest BCUT2D eigenvalue weighted by atomic mass is 32.2. The first-order valence-electron chi connectivity index (χ1n) is 6.93. The highest BCUT2D eigenvalue weighted by molar-refractivity contribution is 7.90. The van der Waals surface area contributed by atoms with Crippen molar-refractivity contribution in [2.75, 3.05) is 0 Å². The molecule has 0 N–H and O–H groups in total. The molecular weight excluding hydrogens is 296 g/mol. The van der Waals surface area contributed by atoms with Crippen molar-refractivity contribution >= 4 is 31.8 Å². The van der Waals surface area contributed by atoms with Crippen molar-refractivity contribution in [1.29, 1.82) is 0 Å². The zero-order chi connectivity index (χ0) is 14.9. The molecule has 22 heavy (non-hydrogen) atoms. The molecule has 0 spiro atoms. The van der Waals surface area contributed by atoms with E-state index in [1.165, 1.54) is 3.97 Å². The van der Waals surface area contributed by atoms with Gasteiger partial charge in [-0.05, 0) is 18.2 Å². The van der Waals surface area contributed by atoms with Crippen molar-refractivity contribution in [3.8, 4) is 11.3 Å². The number of hydrogen-bond acceptors (Lipinski definition) is 3. The van der Waals surface area contributed by atoms with Gasteiger partial charge in [-0.1, -0.05) is 36.4 Å². The predicted molar refractivity (Wildman–Crippen MR) is 85.3 cm³/mol. The van der Waals surface area contributed by atoms with Crippen molar-refractivity contribution in [3.05, 3.63) is 60.8 Å². The first-order chi connectivity index (χ1) is 10.7. The molecule has 3 heterocycles. The van der Waals surface area contributed by atoms with E-state index >= 15 is 0 Å². The maximum atomic E-state index is 13.1. The Morgan fingerprint density at radius 1 is 0.864 bits per heavy atom. The standard InChI is InChI=1S/C17H10N2O2S/c20-22(21)15-8-4-2-6-13(15)16-17-12(9-10-18-16)11-5-1-3-7-14(11)19(17)22/h1-10H. The summed E-state index contributed by atoms with van der Waals surface area (Å²) in [5.74, 6) is 0. The van der Waals surface area contributed by atoms with Crippen LogP contribution in [-0.4, -0.2) is 17.4 Å². The minimum atomic E-state index is -3.61. The largest absolute Gasteiger partial charge is 0.269 e. The van der Waals surface area contributed by atoms with Gasteiger partial charge in [-0.2, -0.15) is 0 Å². The Kier molecular flexibility index (Phi) is 2.04. The summed E-state index contributed by atoms with van der Waals surface area (Å²) in [7, 11) is -3.61.